The van der Waals surface area contributed by atoms with E-state index in [4.69, 9.17) is 0 Å². The van der Waals surface area contributed by atoms with E-state index in [1.165, 1.54) is 276 Å². The van der Waals surface area contributed by atoms with Crippen molar-refractivity contribution in [2.75, 3.05) is 13.1 Å². The maximum Gasteiger partial charge on any atom is 0.101 e. The average molecular weight is 715 g/mol. The highest BCUT2D eigenvalue weighted by Crippen LogP contribution is 2.24. The van der Waals surface area contributed by atoms with E-state index in [0.29, 0.717) is 6.17 Å². The molecule has 0 bridgehead atoms. The van der Waals surface area contributed by atoms with Gasteiger partial charge < -0.3 is 9.80 Å². The van der Waals surface area contributed by atoms with Gasteiger partial charge in [0.1, 0.15) is 6.17 Å². The Balaban J connectivity index is 2.18. The standard InChI is InChI=1S/C49H98N2/c1-4-7-10-13-16-19-22-24-25-26-27-28-31-34-37-40-43-46-51-48-47-50(45-42-39-36-33-30-23-20-17-14-11-8-5-2)49(51)44-41-38-35-32-29-21-18-15-12-9-6-3/h47-49H,4-46H2,1-3H3. The molecule has 0 spiro atoms. The highest BCUT2D eigenvalue weighted by Gasteiger charge is 2.24. The van der Waals surface area contributed by atoms with E-state index in [1.807, 2.05) is 0 Å². The van der Waals surface area contributed by atoms with Crippen LogP contribution >= 0.6 is 0 Å². The highest BCUT2D eigenvalue weighted by atomic mass is 15.4. The molecule has 1 heterocycles. The summed E-state index contributed by atoms with van der Waals surface area (Å²) in [5, 5.41) is 0. The Morgan fingerprint density at radius 2 is 0.451 bits per heavy atom. The molecule has 0 aromatic heterocycles. The molecule has 2 heteroatoms. The second kappa shape index (κ2) is 40.5. The zero-order valence-electron chi connectivity index (χ0n) is 36.0. The molecule has 0 aromatic carbocycles. The van der Waals surface area contributed by atoms with Gasteiger partial charge in [0.25, 0.3) is 0 Å². The van der Waals surface area contributed by atoms with Crippen molar-refractivity contribution in [3.05, 3.63) is 12.4 Å². The van der Waals surface area contributed by atoms with Gasteiger partial charge in [0, 0.05) is 25.5 Å². The largest absolute Gasteiger partial charge is 0.356 e. The van der Waals surface area contributed by atoms with Crippen LogP contribution in [0.1, 0.15) is 284 Å². The van der Waals surface area contributed by atoms with Crippen LogP contribution in [0, 0.1) is 0 Å². The van der Waals surface area contributed by atoms with Crippen LogP contribution in [0.3, 0.4) is 0 Å². The van der Waals surface area contributed by atoms with Crippen LogP contribution in [0.15, 0.2) is 12.4 Å². The first-order valence-electron chi connectivity index (χ1n) is 24.5. The van der Waals surface area contributed by atoms with Gasteiger partial charge in [-0.15, -0.1) is 0 Å². The first-order valence-corrected chi connectivity index (χ1v) is 24.5. The Labute approximate surface area is 324 Å². The van der Waals surface area contributed by atoms with Crippen LogP contribution < -0.4 is 0 Å². The third kappa shape index (κ3) is 32.5. The van der Waals surface area contributed by atoms with Gasteiger partial charge in [0.15, 0.2) is 0 Å². The maximum atomic E-state index is 2.74. The SMILES string of the molecule is CCCCCCCCCCCCCCCCCCCN1C=CN(CCCCCCCCCCCCCC)C1CCCCCCCCCCCCC. The van der Waals surface area contributed by atoms with E-state index in [2.05, 4.69) is 43.0 Å². The van der Waals surface area contributed by atoms with E-state index >= 15 is 0 Å². The quantitative estimate of drug-likeness (QED) is 0.0580. The predicted octanol–water partition coefficient (Wildman–Crippen LogP) is 17.5. The van der Waals surface area contributed by atoms with Crippen molar-refractivity contribution in [1.82, 2.24) is 9.80 Å². The van der Waals surface area contributed by atoms with Gasteiger partial charge >= 0.3 is 0 Å². The normalized spacial score (nSPS) is 14.5. The summed E-state index contributed by atoms with van der Waals surface area (Å²) in [6, 6.07) is 0. The molecule has 0 radical (unpaired) electrons. The molecule has 304 valence electrons. The second-order valence-electron chi connectivity index (χ2n) is 17.1. The van der Waals surface area contributed by atoms with E-state index in [1.54, 1.807) is 0 Å². The van der Waals surface area contributed by atoms with Crippen LogP contribution in [0.4, 0.5) is 0 Å². The molecular formula is C49H98N2. The third-order valence-electron chi connectivity index (χ3n) is 12.1. The summed E-state index contributed by atoms with van der Waals surface area (Å²) in [7, 11) is 0. The lowest BCUT2D eigenvalue weighted by Gasteiger charge is -2.33. The summed E-state index contributed by atoms with van der Waals surface area (Å²) in [6.45, 7) is 9.49. The third-order valence-corrected chi connectivity index (χ3v) is 12.1. The maximum absolute atomic E-state index is 2.74. The first-order chi connectivity index (χ1) is 25.3. The lowest BCUT2D eigenvalue weighted by molar-refractivity contribution is 0.135. The van der Waals surface area contributed by atoms with E-state index in [-0.39, 0.29) is 0 Å². The molecule has 0 saturated carbocycles. The van der Waals surface area contributed by atoms with Gasteiger partial charge in [-0.3, -0.25) is 0 Å². The summed E-state index contributed by atoms with van der Waals surface area (Å²) in [5.74, 6) is 0. The van der Waals surface area contributed by atoms with Crippen molar-refractivity contribution in [1.29, 1.82) is 0 Å². The van der Waals surface area contributed by atoms with Crippen molar-refractivity contribution in [3.63, 3.8) is 0 Å². The minimum absolute atomic E-state index is 0.636. The van der Waals surface area contributed by atoms with Crippen molar-refractivity contribution in [2.24, 2.45) is 0 Å². The highest BCUT2D eigenvalue weighted by molar-refractivity contribution is 4.97. The fraction of sp³-hybridized carbons (Fsp3) is 0.959. The monoisotopic (exact) mass is 715 g/mol. The Hall–Kier alpha value is -0.660. The van der Waals surface area contributed by atoms with Crippen LogP contribution in [0.25, 0.3) is 0 Å². The molecule has 0 fully saturated rings. The van der Waals surface area contributed by atoms with Gasteiger partial charge in [-0.2, -0.15) is 0 Å². The fourth-order valence-corrected chi connectivity index (χ4v) is 8.48. The van der Waals surface area contributed by atoms with Crippen LogP contribution in [-0.2, 0) is 0 Å². The van der Waals surface area contributed by atoms with Gasteiger partial charge in [0.05, 0.1) is 0 Å². The van der Waals surface area contributed by atoms with Crippen molar-refractivity contribution in [3.8, 4) is 0 Å². The summed E-state index contributed by atoms with van der Waals surface area (Å²) in [6.07, 6.45) is 64.9. The summed E-state index contributed by atoms with van der Waals surface area (Å²) in [4.78, 5) is 5.47. The topological polar surface area (TPSA) is 6.48 Å². The zero-order valence-corrected chi connectivity index (χ0v) is 36.0. The first kappa shape index (κ1) is 48.4. The van der Waals surface area contributed by atoms with Crippen LogP contribution in [-0.4, -0.2) is 29.1 Å². The number of unbranched alkanes of at least 4 members (excludes halogenated alkanes) is 37. The Kier molecular flexibility index (Phi) is 38.4. The molecule has 1 aliphatic rings. The molecule has 1 aliphatic heterocycles. The molecular weight excluding hydrogens is 617 g/mol. The fourth-order valence-electron chi connectivity index (χ4n) is 8.48. The molecule has 0 N–H and O–H groups in total. The number of nitrogens with zero attached hydrogens (tertiary/aromatic N) is 2. The lowest BCUT2D eigenvalue weighted by Crippen LogP contribution is -2.39. The molecule has 0 aromatic rings. The second-order valence-corrected chi connectivity index (χ2v) is 17.1. The summed E-state index contributed by atoms with van der Waals surface area (Å²) in [5.41, 5.74) is 0. The molecule has 0 aliphatic carbocycles. The van der Waals surface area contributed by atoms with Gasteiger partial charge in [-0.05, 0) is 25.7 Å². The number of hydrogen-bond acceptors (Lipinski definition) is 2. The molecule has 0 amide bonds. The Morgan fingerprint density at radius 1 is 0.255 bits per heavy atom. The van der Waals surface area contributed by atoms with Gasteiger partial charge in [-0.1, -0.05) is 258 Å². The zero-order chi connectivity index (χ0) is 36.6. The van der Waals surface area contributed by atoms with E-state index < -0.39 is 0 Å². The molecule has 0 saturated heterocycles. The van der Waals surface area contributed by atoms with Crippen LogP contribution in [0.5, 0.6) is 0 Å². The van der Waals surface area contributed by atoms with Gasteiger partial charge in [-0.25, -0.2) is 0 Å². The molecule has 1 unspecified atom stereocenters. The number of rotatable bonds is 43. The molecule has 51 heavy (non-hydrogen) atoms. The predicted molar refractivity (Wildman–Crippen MR) is 233 cm³/mol. The van der Waals surface area contributed by atoms with E-state index in [0.717, 1.165) is 0 Å². The molecule has 1 atom stereocenters. The number of hydrogen-bond donors (Lipinski definition) is 0. The minimum Gasteiger partial charge on any atom is -0.356 e. The van der Waals surface area contributed by atoms with Crippen molar-refractivity contribution < 1.29 is 0 Å². The van der Waals surface area contributed by atoms with Gasteiger partial charge in [0.2, 0.25) is 0 Å². The summed E-state index contributed by atoms with van der Waals surface area (Å²) >= 11 is 0. The smallest absolute Gasteiger partial charge is 0.101 e. The van der Waals surface area contributed by atoms with E-state index in [9.17, 15) is 0 Å². The Bertz CT molecular complexity index is 673. The average Bonchev–Trinajstić information content (AvgIpc) is 3.53. The molecule has 2 nitrogen and oxygen atoms in total. The lowest BCUT2D eigenvalue weighted by atomic mass is 10.0. The Morgan fingerprint density at radius 3 is 0.686 bits per heavy atom. The van der Waals surface area contributed by atoms with Crippen LogP contribution in [0.2, 0.25) is 0 Å². The van der Waals surface area contributed by atoms with Crippen molar-refractivity contribution >= 4 is 0 Å². The van der Waals surface area contributed by atoms with Crippen molar-refractivity contribution in [2.45, 2.75) is 290 Å². The minimum atomic E-state index is 0.636. The molecule has 1 rings (SSSR count). The summed E-state index contributed by atoms with van der Waals surface area (Å²) < 4.78 is 0.